The molecule has 1 fully saturated rings. The van der Waals surface area contributed by atoms with Gasteiger partial charge < -0.3 is 50.0 Å². The highest BCUT2D eigenvalue weighted by Crippen LogP contribution is 2.71. The Bertz CT molecular complexity index is 728. The van der Waals surface area contributed by atoms with Crippen LogP contribution in [0, 0.1) is 0 Å². The molecule has 0 aliphatic heterocycles. The second kappa shape index (κ2) is 8.85. The lowest BCUT2D eigenvalue weighted by Crippen LogP contribution is -2.64. The summed E-state index contributed by atoms with van der Waals surface area (Å²) < 4.78 is 59.0. The fraction of sp³-hybridized carbons (Fsp3) is 1.00. The van der Waals surface area contributed by atoms with Gasteiger partial charge in [-0.2, -0.15) is 12.9 Å². The minimum Gasteiger partial charge on any atom is -0.387 e. The number of aliphatic hydroxyl groups excluding tert-OH is 5. The Morgan fingerprint density at radius 2 is 0.821 bits per heavy atom. The molecular weight excluding hydrogens is 484 g/mol. The van der Waals surface area contributed by atoms with Crippen molar-refractivity contribution in [1.82, 2.24) is 0 Å². The van der Waals surface area contributed by atoms with E-state index in [0.717, 1.165) is 0 Å². The zero-order valence-corrected chi connectivity index (χ0v) is 16.6. The molecule has 0 saturated heterocycles. The molecule has 168 valence electrons. The van der Waals surface area contributed by atoms with Gasteiger partial charge in [-0.1, -0.05) is 0 Å². The highest BCUT2D eigenvalue weighted by molar-refractivity contribution is 7.69. The maximum atomic E-state index is 11.7. The standard InChI is InChI=1S/C6H16O18P4/c7-1-2(8)4(10)6(5(11)3(1)9)21-26(15,16)23-28(19,20)24-27(17,18)22-25(12,13)14/h1-11H,(H,15,16)(H,17,18)(H,19,20)(H2,12,13,14). The van der Waals surface area contributed by atoms with Gasteiger partial charge in [0, 0.05) is 0 Å². The number of phosphoric acid groups is 4. The maximum Gasteiger partial charge on any atom is 0.490 e. The van der Waals surface area contributed by atoms with Crippen molar-refractivity contribution in [2.45, 2.75) is 36.6 Å². The van der Waals surface area contributed by atoms with E-state index in [-0.39, 0.29) is 0 Å². The molecule has 0 amide bonds. The molecule has 10 N–H and O–H groups in total. The monoisotopic (exact) mass is 500 g/mol. The average Bonchev–Trinajstić information content (AvgIpc) is 2.42. The molecule has 1 aliphatic carbocycles. The number of rotatable bonds is 8. The minimum atomic E-state index is -6.13. The van der Waals surface area contributed by atoms with E-state index in [2.05, 4.69) is 17.5 Å². The molecule has 28 heavy (non-hydrogen) atoms. The summed E-state index contributed by atoms with van der Waals surface area (Å²) in [5, 5.41) is 47.5. The van der Waals surface area contributed by atoms with Gasteiger partial charge in [0.1, 0.15) is 36.6 Å². The van der Waals surface area contributed by atoms with Crippen LogP contribution >= 0.6 is 31.3 Å². The molecule has 1 saturated carbocycles. The van der Waals surface area contributed by atoms with Crippen molar-refractivity contribution >= 4 is 31.3 Å². The third kappa shape index (κ3) is 7.56. The van der Waals surface area contributed by atoms with Crippen LogP contribution in [0.25, 0.3) is 0 Å². The summed E-state index contributed by atoms with van der Waals surface area (Å²) in [5.74, 6) is 0. The highest BCUT2D eigenvalue weighted by Gasteiger charge is 2.53. The van der Waals surface area contributed by atoms with Gasteiger partial charge in [0.25, 0.3) is 0 Å². The Labute approximate surface area is 154 Å². The third-order valence-corrected chi connectivity index (χ3v) is 8.44. The summed E-state index contributed by atoms with van der Waals surface area (Å²) in [6.45, 7) is 0. The summed E-state index contributed by atoms with van der Waals surface area (Å²) in [7, 11) is -23.8. The SMILES string of the molecule is O=P(O)(O)OP(=O)(O)OP(=O)(O)OP(=O)(O)OC1C(O)C(O)C(O)C(O)C1O. The summed E-state index contributed by atoms with van der Waals surface area (Å²) in [6.07, 6.45) is -13.6. The summed E-state index contributed by atoms with van der Waals surface area (Å²) >= 11 is 0. The molecule has 0 radical (unpaired) electrons. The van der Waals surface area contributed by atoms with E-state index >= 15 is 0 Å². The molecule has 1 aliphatic rings. The Balaban J connectivity index is 2.92. The first-order valence-corrected chi connectivity index (χ1v) is 12.6. The van der Waals surface area contributed by atoms with Crippen molar-refractivity contribution in [2.24, 2.45) is 0 Å². The summed E-state index contributed by atoms with van der Waals surface area (Å²) in [5.41, 5.74) is 0. The van der Waals surface area contributed by atoms with Crippen LogP contribution in [0.2, 0.25) is 0 Å². The highest BCUT2D eigenvalue weighted by atomic mass is 31.3. The number of aliphatic hydroxyl groups is 5. The molecule has 0 aromatic carbocycles. The molecule has 0 heterocycles. The van der Waals surface area contributed by atoms with Crippen LogP contribution in [0.5, 0.6) is 0 Å². The van der Waals surface area contributed by atoms with E-state index in [1.54, 1.807) is 0 Å². The normalized spacial score (nSPS) is 38.2. The molecule has 0 spiro atoms. The van der Waals surface area contributed by atoms with Crippen LogP contribution in [-0.4, -0.2) is 86.6 Å². The molecular formula is C6H16O18P4. The van der Waals surface area contributed by atoms with E-state index < -0.39 is 67.9 Å². The summed E-state index contributed by atoms with van der Waals surface area (Å²) in [4.78, 5) is 44.1. The lowest BCUT2D eigenvalue weighted by atomic mass is 9.85. The van der Waals surface area contributed by atoms with Crippen LogP contribution in [0.3, 0.4) is 0 Å². The molecule has 7 atom stereocenters. The van der Waals surface area contributed by atoms with Gasteiger partial charge in [-0.3, -0.25) is 4.52 Å². The van der Waals surface area contributed by atoms with Crippen molar-refractivity contribution in [1.29, 1.82) is 0 Å². The fourth-order valence-corrected chi connectivity index (χ4v) is 6.57. The second-order valence-electron chi connectivity index (χ2n) is 5.16. The smallest absolute Gasteiger partial charge is 0.387 e. The van der Waals surface area contributed by atoms with Crippen molar-refractivity contribution < 1.29 is 85.7 Å². The zero-order valence-electron chi connectivity index (χ0n) is 13.0. The molecule has 18 nitrogen and oxygen atoms in total. The van der Waals surface area contributed by atoms with Gasteiger partial charge in [-0.15, -0.1) is 0 Å². The molecule has 0 aromatic heterocycles. The summed E-state index contributed by atoms with van der Waals surface area (Å²) in [6, 6.07) is 0. The lowest BCUT2D eigenvalue weighted by Gasteiger charge is -2.41. The molecule has 0 bridgehead atoms. The molecule has 0 aromatic rings. The van der Waals surface area contributed by atoms with Crippen LogP contribution in [0.4, 0.5) is 0 Å². The first kappa shape index (κ1) is 26.4. The zero-order chi connectivity index (χ0) is 22.3. The third-order valence-electron chi connectivity index (χ3n) is 2.95. The fourth-order valence-electron chi connectivity index (χ4n) is 1.92. The Morgan fingerprint density at radius 1 is 0.500 bits per heavy atom. The average molecular weight is 500 g/mol. The van der Waals surface area contributed by atoms with Crippen LogP contribution < -0.4 is 0 Å². The number of hydrogen-bond donors (Lipinski definition) is 10. The van der Waals surface area contributed by atoms with E-state index in [4.69, 9.17) is 19.6 Å². The first-order chi connectivity index (χ1) is 12.3. The van der Waals surface area contributed by atoms with Crippen LogP contribution in [0.1, 0.15) is 0 Å². The van der Waals surface area contributed by atoms with Gasteiger partial charge in [-0.25, -0.2) is 18.3 Å². The van der Waals surface area contributed by atoms with Crippen LogP contribution in [-0.2, 0) is 35.7 Å². The second-order valence-corrected chi connectivity index (χ2v) is 11.1. The van der Waals surface area contributed by atoms with Gasteiger partial charge >= 0.3 is 31.3 Å². The molecule has 7 unspecified atom stereocenters. The Hall–Kier alpha value is 0.360. The predicted octanol–water partition coefficient (Wildman–Crippen LogP) is -3.37. The van der Waals surface area contributed by atoms with E-state index in [1.807, 2.05) is 0 Å². The molecule has 22 heteroatoms. The van der Waals surface area contributed by atoms with E-state index in [9.17, 15) is 48.7 Å². The van der Waals surface area contributed by atoms with Crippen molar-refractivity contribution in [2.75, 3.05) is 0 Å². The van der Waals surface area contributed by atoms with Gasteiger partial charge in [0.2, 0.25) is 0 Å². The van der Waals surface area contributed by atoms with Crippen molar-refractivity contribution in [3.05, 3.63) is 0 Å². The quantitative estimate of drug-likeness (QED) is 0.145. The Kier molecular flexibility index (Phi) is 8.34. The minimum absolute atomic E-state index is 2.11. The predicted molar refractivity (Wildman–Crippen MR) is 79.7 cm³/mol. The number of phosphoric ester groups is 1. The van der Waals surface area contributed by atoms with Crippen molar-refractivity contribution in [3.8, 4) is 0 Å². The van der Waals surface area contributed by atoms with Gasteiger partial charge in [0.05, 0.1) is 0 Å². The lowest BCUT2D eigenvalue weighted by molar-refractivity contribution is -0.219. The van der Waals surface area contributed by atoms with Gasteiger partial charge in [-0.05, 0) is 0 Å². The van der Waals surface area contributed by atoms with Gasteiger partial charge in [0.15, 0.2) is 0 Å². The van der Waals surface area contributed by atoms with Crippen LogP contribution in [0.15, 0.2) is 0 Å². The first-order valence-electron chi connectivity index (χ1n) is 6.54. The number of hydrogen-bond acceptors (Lipinski definition) is 13. The largest absolute Gasteiger partial charge is 0.490 e. The van der Waals surface area contributed by atoms with E-state index in [1.165, 1.54) is 0 Å². The maximum absolute atomic E-state index is 11.7. The molecule has 1 rings (SSSR count). The Morgan fingerprint density at radius 3 is 1.21 bits per heavy atom. The van der Waals surface area contributed by atoms with Crippen molar-refractivity contribution in [3.63, 3.8) is 0 Å². The van der Waals surface area contributed by atoms with E-state index in [0.29, 0.717) is 0 Å². The topological polar surface area (TPSA) is 308 Å².